The Morgan fingerprint density at radius 2 is 1.77 bits per heavy atom. The number of rotatable bonds is 6. The van der Waals surface area contributed by atoms with Crippen LogP contribution in [-0.2, 0) is 21.4 Å². The van der Waals surface area contributed by atoms with Crippen LogP contribution in [0.3, 0.4) is 0 Å². The third-order valence-corrected chi connectivity index (χ3v) is 7.49. The molecule has 3 aromatic rings. The molecular weight excluding hydrogens is 412 g/mol. The predicted octanol–water partition coefficient (Wildman–Crippen LogP) is 3.67. The fraction of sp³-hybridized carbons (Fsp3) is 0.304. The van der Waals surface area contributed by atoms with E-state index >= 15 is 0 Å². The quantitative estimate of drug-likeness (QED) is 0.636. The zero-order chi connectivity index (χ0) is 21.8. The topological polar surface area (TPSA) is 84.3 Å². The third-order valence-electron chi connectivity index (χ3n) is 5.45. The molecule has 8 heteroatoms. The maximum Gasteiger partial charge on any atom is 0.246 e. The highest BCUT2D eigenvalue weighted by Gasteiger charge is 2.27. The number of carbonyl (C=O) groups excluding carboxylic acids is 1. The molecule has 31 heavy (non-hydrogen) atoms. The van der Waals surface area contributed by atoms with Crippen molar-refractivity contribution in [2.45, 2.75) is 37.6 Å². The minimum absolute atomic E-state index is 0.0366. The number of sulfonamides is 1. The first-order valence-electron chi connectivity index (χ1n) is 10.4. The Morgan fingerprint density at radius 3 is 2.52 bits per heavy atom. The standard InChI is InChI=1S/C23H26N4O3S/c1-18-10-11-21(14-22(18)31(29,30)27-12-6-3-7-13-27)25-23(28)17-26-16-20(15-24-26)19-8-4-2-5-9-19/h2,4-5,8-11,14-16H,3,6-7,12-13,17H2,1H3,(H,25,28). The largest absolute Gasteiger partial charge is 0.324 e. The summed E-state index contributed by atoms with van der Waals surface area (Å²) in [6.07, 6.45) is 6.35. The Bertz CT molecular complexity index is 1170. The molecule has 1 saturated heterocycles. The van der Waals surface area contributed by atoms with Crippen LogP contribution >= 0.6 is 0 Å². The number of aromatic nitrogens is 2. The maximum absolute atomic E-state index is 13.1. The number of anilines is 1. The molecule has 162 valence electrons. The van der Waals surface area contributed by atoms with Crippen LogP contribution in [0.15, 0.2) is 65.8 Å². The van der Waals surface area contributed by atoms with E-state index in [9.17, 15) is 13.2 Å². The van der Waals surface area contributed by atoms with Crippen molar-refractivity contribution in [1.82, 2.24) is 14.1 Å². The molecule has 1 aromatic heterocycles. The molecule has 0 unspecified atom stereocenters. The molecule has 0 bridgehead atoms. The maximum atomic E-state index is 13.1. The highest BCUT2D eigenvalue weighted by molar-refractivity contribution is 7.89. The van der Waals surface area contributed by atoms with Gasteiger partial charge >= 0.3 is 0 Å². The number of nitrogens with zero attached hydrogens (tertiary/aromatic N) is 3. The Labute approximate surface area is 182 Å². The number of amides is 1. The van der Waals surface area contributed by atoms with E-state index in [4.69, 9.17) is 0 Å². The monoisotopic (exact) mass is 438 g/mol. The van der Waals surface area contributed by atoms with Gasteiger partial charge in [-0.15, -0.1) is 0 Å². The van der Waals surface area contributed by atoms with Crippen LogP contribution in [0, 0.1) is 6.92 Å². The Kier molecular flexibility index (Phi) is 6.20. The van der Waals surface area contributed by atoms with Gasteiger partial charge in [-0.25, -0.2) is 8.42 Å². The van der Waals surface area contributed by atoms with Crippen molar-refractivity contribution in [2.24, 2.45) is 0 Å². The van der Waals surface area contributed by atoms with Crippen molar-refractivity contribution < 1.29 is 13.2 Å². The first-order chi connectivity index (χ1) is 14.9. The summed E-state index contributed by atoms with van der Waals surface area (Å²) in [6.45, 7) is 2.90. The SMILES string of the molecule is Cc1ccc(NC(=O)Cn2cc(-c3ccccc3)cn2)cc1S(=O)(=O)N1CCCCC1. The number of hydrogen-bond acceptors (Lipinski definition) is 4. The lowest BCUT2D eigenvalue weighted by Gasteiger charge is -2.26. The lowest BCUT2D eigenvalue weighted by molar-refractivity contribution is -0.116. The van der Waals surface area contributed by atoms with E-state index in [2.05, 4.69) is 10.4 Å². The molecule has 2 aromatic carbocycles. The van der Waals surface area contributed by atoms with Gasteiger partial charge in [-0.1, -0.05) is 42.8 Å². The second kappa shape index (κ2) is 9.03. The van der Waals surface area contributed by atoms with Crippen LogP contribution in [-0.4, -0.2) is 41.5 Å². The van der Waals surface area contributed by atoms with E-state index in [0.717, 1.165) is 30.4 Å². The first kappa shape index (κ1) is 21.3. The minimum Gasteiger partial charge on any atom is -0.324 e. The molecule has 2 heterocycles. The van der Waals surface area contributed by atoms with Gasteiger partial charge in [0.15, 0.2) is 0 Å². The smallest absolute Gasteiger partial charge is 0.246 e. The van der Waals surface area contributed by atoms with Crippen LogP contribution < -0.4 is 5.32 Å². The summed E-state index contributed by atoms with van der Waals surface area (Å²) < 4.78 is 29.3. The fourth-order valence-corrected chi connectivity index (χ4v) is 5.55. The highest BCUT2D eigenvalue weighted by atomic mass is 32.2. The zero-order valence-electron chi connectivity index (χ0n) is 17.5. The summed E-state index contributed by atoms with van der Waals surface area (Å²) in [4.78, 5) is 12.8. The Morgan fingerprint density at radius 1 is 1.03 bits per heavy atom. The average Bonchev–Trinajstić information content (AvgIpc) is 3.24. The van der Waals surface area contributed by atoms with Crippen molar-refractivity contribution in [1.29, 1.82) is 0 Å². The first-order valence-corrected chi connectivity index (χ1v) is 11.9. The second-order valence-corrected chi connectivity index (χ2v) is 9.69. The van der Waals surface area contributed by atoms with Crippen molar-refractivity contribution in [2.75, 3.05) is 18.4 Å². The minimum atomic E-state index is -3.57. The molecule has 1 aliphatic heterocycles. The van der Waals surface area contributed by atoms with Crippen LogP contribution in [0.2, 0.25) is 0 Å². The lowest BCUT2D eigenvalue weighted by atomic mass is 10.1. The normalized spacial score (nSPS) is 15.0. The molecule has 7 nitrogen and oxygen atoms in total. The van der Waals surface area contributed by atoms with Gasteiger partial charge in [0.2, 0.25) is 15.9 Å². The van der Waals surface area contributed by atoms with Gasteiger partial charge in [-0.2, -0.15) is 9.40 Å². The summed E-state index contributed by atoms with van der Waals surface area (Å²) in [5.41, 5.74) is 3.09. The molecule has 0 radical (unpaired) electrons. The third kappa shape index (κ3) is 4.86. The van der Waals surface area contributed by atoms with Gasteiger partial charge < -0.3 is 5.32 Å². The molecule has 1 N–H and O–H groups in total. The number of nitrogens with one attached hydrogen (secondary N) is 1. The van der Waals surface area contributed by atoms with Crippen molar-refractivity contribution >= 4 is 21.6 Å². The molecule has 1 fully saturated rings. The van der Waals surface area contributed by atoms with Crippen LogP contribution in [0.5, 0.6) is 0 Å². The van der Waals surface area contributed by atoms with Gasteiger partial charge in [-0.3, -0.25) is 9.48 Å². The summed E-state index contributed by atoms with van der Waals surface area (Å²) in [7, 11) is -3.57. The molecule has 1 aliphatic rings. The van der Waals surface area contributed by atoms with E-state index in [-0.39, 0.29) is 17.3 Å². The number of carbonyl (C=O) groups is 1. The van der Waals surface area contributed by atoms with Crippen LogP contribution in [0.4, 0.5) is 5.69 Å². The Hall–Kier alpha value is -2.97. The molecule has 0 spiro atoms. The van der Waals surface area contributed by atoms with Crippen LogP contribution in [0.1, 0.15) is 24.8 Å². The number of hydrogen-bond donors (Lipinski definition) is 1. The van der Waals surface area contributed by atoms with Gasteiger partial charge in [0.05, 0.1) is 11.1 Å². The van der Waals surface area contributed by atoms with Crippen molar-refractivity contribution in [3.63, 3.8) is 0 Å². The van der Waals surface area contributed by atoms with Crippen LogP contribution in [0.25, 0.3) is 11.1 Å². The zero-order valence-corrected chi connectivity index (χ0v) is 18.3. The predicted molar refractivity (Wildman–Crippen MR) is 120 cm³/mol. The molecular formula is C23H26N4O3S. The van der Waals surface area contributed by atoms with E-state index in [1.807, 2.05) is 36.5 Å². The Balaban J connectivity index is 1.47. The number of aryl methyl sites for hydroxylation is 1. The summed E-state index contributed by atoms with van der Waals surface area (Å²) >= 11 is 0. The van der Waals surface area contributed by atoms with Gasteiger partial charge in [0.1, 0.15) is 6.54 Å². The second-order valence-electron chi connectivity index (χ2n) is 7.79. The van der Waals surface area contributed by atoms with E-state index in [0.29, 0.717) is 24.3 Å². The van der Waals surface area contributed by atoms with Gasteiger partial charge in [0.25, 0.3) is 0 Å². The van der Waals surface area contributed by atoms with E-state index in [1.165, 1.54) is 0 Å². The molecule has 0 saturated carbocycles. The summed E-state index contributed by atoms with van der Waals surface area (Å²) in [5.74, 6) is -0.270. The average molecular weight is 439 g/mol. The van der Waals surface area contributed by atoms with Crippen molar-refractivity contribution in [3.8, 4) is 11.1 Å². The fourth-order valence-electron chi connectivity index (χ4n) is 3.78. The molecule has 4 rings (SSSR count). The molecule has 0 atom stereocenters. The van der Waals surface area contributed by atoms with E-state index < -0.39 is 10.0 Å². The summed E-state index contributed by atoms with van der Waals surface area (Å²) in [6, 6.07) is 14.8. The van der Waals surface area contributed by atoms with Crippen molar-refractivity contribution in [3.05, 3.63) is 66.5 Å². The van der Waals surface area contributed by atoms with Gasteiger partial charge in [-0.05, 0) is 43.0 Å². The summed E-state index contributed by atoms with van der Waals surface area (Å²) in [5, 5.41) is 7.06. The van der Waals surface area contributed by atoms with E-state index in [1.54, 1.807) is 40.3 Å². The molecule has 1 amide bonds. The molecule has 0 aliphatic carbocycles. The van der Waals surface area contributed by atoms with Gasteiger partial charge in [0, 0.05) is 30.5 Å². The lowest BCUT2D eigenvalue weighted by Crippen LogP contribution is -2.36. The number of piperidine rings is 1. The number of benzene rings is 2. The highest BCUT2D eigenvalue weighted by Crippen LogP contribution is 2.26.